The molecule has 5 N–H and O–H groups in total. The zero-order valence-corrected chi connectivity index (χ0v) is 11.2. The topological polar surface area (TPSA) is 114 Å². The van der Waals surface area contributed by atoms with Gasteiger partial charge >= 0.3 is 0 Å². The lowest BCUT2D eigenvalue weighted by Crippen LogP contribution is -1.85. The molecule has 0 bridgehead atoms. The first-order chi connectivity index (χ1) is 10.4. The van der Waals surface area contributed by atoms with Crippen molar-refractivity contribution in [3.8, 4) is 28.7 Å². The van der Waals surface area contributed by atoms with E-state index in [-0.39, 0.29) is 50.9 Å². The predicted molar refractivity (Wildman–Crippen MR) is 79.1 cm³/mol. The van der Waals surface area contributed by atoms with Crippen molar-refractivity contribution >= 4 is 16.5 Å². The molecule has 0 aliphatic heterocycles. The SMILES string of the molecule is C=C(c1ccc(O)cc1O)c1oc2c(O)c(O)ccc2c1O. The second-order valence-corrected chi connectivity index (χ2v) is 4.77. The van der Waals surface area contributed by atoms with Crippen LogP contribution < -0.4 is 0 Å². The summed E-state index contributed by atoms with van der Waals surface area (Å²) >= 11 is 0. The number of phenolic OH excluding ortho intramolecular Hbond substituents is 4. The largest absolute Gasteiger partial charge is 0.508 e. The molecule has 3 aromatic rings. The number of furan rings is 1. The van der Waals surface area contributed by atoms with Gasteiger partial charge in [0.2, 0.25) is 5.75 Å². The van der Waals surface area contributed by atoms with E-state index in [0.29, 0.717) is 0 Å². The Balaban J connectivity index is 2.20. The molecule has 0 atom stereocenters. The molecule has 0 fully saturated rings. The molecule has 6 heteroatoms. The Morgan fingerprint density at radius 2 is 1.59 bits per heavy atom. The van der Waals surface area contributed by atoms with Crippen LogP contribution in [0.2, 0.25) is 0 Å². The van der Waals surface area contributed by atoms with Crippen LogP contribution in [0.3, 0.4) is 0 Å². The zero-order valence-electron chi connectivity index (χ0n) is 11.2. The molecule has 0 saturated heterocycles. The molecule has 22 heavy (non-hydrogen) atoms. The Morgan fingerprint density at radius 1 is 0.864 bits per heavy atom. The van der Waals surface area contributed by atoms with E-state index in [0.717, 1.165) is 6.07 Å². The van der Waals surface area contributed by atoms with Gasteiger partial charge in [-0.1, -0.05) is 6.58 Å². The third-order valence-corrected chi connectivity index (χ3v) is 3.37. The summed E-state index contributed by atoms with van der Waals surface area (Å²) in [5, 5.41) is 48.8. The van der Waals surface area contributed by atoms with Gasteiger partial charge in [-0.25, -0.2) is 0 Å². The molecule has 0 aliphatic carbocycles. The fourth-order valence-electron chi connectivity index (χ4n) is 2.23. The average Bonchev–Trinajstić information content (AvgIpc) is 2.80. The number of hydrogen-bond acceptors (Lipinski definition) is 6. The minimum atomic E-state index is -0.498. The average molecular weight is 300 g/mol. The second-order valence-electron chi connectivity index (χ2n) is 4.77. The molecular formula is C16H12O6. The number of aromatic hydroxyl groups is 5. The first-order valence-corrected chi connectivity index (χ1v) is 6.28. The minimum Gasteiger partial charge on any atom is -0.508 e. The first-order valence-electron chi connectivity index (χ1n) is 6.28. The van der Waals surface area contributed by atoms with E-state index in [4.69, 9.17) is 4.42 Å². The standard InChI is InChI=1S/C16H12O6/c1-7(9-3-2-8(17)6-12(9)19)15-13(20)10-4-5-11(18)14(21)16(10)22-15/h2-6,17-21H,1H2. The maximum Gasteiger partial charge on any atom is 0.201 e. The van der Waals surface area contributed by atoms with Crippen molar-refractivity contribution in [2.24, 2.45) is 0 Å². The van der Waals surface area contributed by atoms with Crippen LogP contribution in [0.25, 0.3) is 16.5 Å². The van der Waals surface area contributed by atoms with Gasteiger partial charge in [-0.3, -0.25) is 0 Å². The molecular weight excluding hydrogens is 288 g/mol. The van der Waals surface area contributed by atoms with E-state index < -0.39 is 5.75 Å². The van der Waals surface area contributed by atoms with Crippen LogP contribution in [0, 0.1) is 0 Å². The first kappa shape index (κ1) is 13.7. The number of benzene rings is 2. The van der Waals surface area contributed by atoms with Crippen molar-refractivity contribution < 1.29 is 29.9 Å². The van der Waals surface area contributed by atoms with Gasteiger partial charge in [-0.2, -0.15) is 0 Å². The van der Waals surface area contributed by atoms with Crippen LogP contribution >= 0.6 is 0 Å². The number of rotatable bonds is 2. The molecule has 112 valence electrons. The Kier molecular flexibility index (Phi) is 2.88. The summed E-state index contributed by atoms with van der Waals surface area (Å²) in [5.41, 5.74) is 0.313. The van der Waals surface area contributed by atoms with Crippen LogP contribution in [0.1, 0.15) is 11.3 Å². The fraction of sp³-hybridized carbons (Fsp3) is 0. The quantitative estimate of drug-likeness (QED) is 0.465. The molecule has 6 nitrogen and oxygen atoms in total. The van der Waals surface area contributed by atoms with Crippen molar-refractivity contribution in [3.05, 3.63) is 48.2 Å². The van der Waals surface area contributed by atoms with E-state index in [2.05, 4.69) is 6.58 Å². The van der Waals surface area contributed by atoms with Gasteiger partial charge < -0.3 is 29.9 Å². The van der Waals surface area contributed by atoms with Gasteiger partial charge in [-0.15, -0.1) is 0 Å². The molecule has 3 rings (SSSR count). The van der Waals surface area contributed by atoms with Crippen molar-refractivity contribution in [1.29, 1.82) is 0 Å². The molecule has 0 amide bonds. The Bertz CT molecular complexity index is 907. The van der Waals surface area contributed by atoms with Crippen molar-refractivity contribution in [2.45, 2.75) is 0 Å². The van der Waals surface area contributed by atoms with Gasteiger partial charge in [-0.05, 0) is 24.3 Å². The summed E-state index contributed by atoms with van der Waals surface area (Å²) in [6.45, 7) is 3.75. The number of phenols is 4. The van der Waals surface area contributed by atoms with Crippen LogP contribution in [0.5, 0.6) is 28.7 Å². The summed E-state index contributed by atoms with van der Waals surface area (Å²) in [4.78, 5) is 0. The monoisotopic (exact) mass is 300 g/mol. The highest BCUT2D eigenvalue weighted by Gasteiger charge is 2.22. The van der Waals surface area contributed by atoms with Crippen LogP contribution in [0.4, 0.5) is 0 Å². The predicted octanol–water partition coefficient (Wildman–Crippen LogP) is 3.02. The fourth-order valence-corrected chi connectivity index (χ4v) is 2.23. The summed E-state index contributed by atoms with van der Waals surface area (Å²) in [7, 11) is 0. The molecule has 0 aliphatic rings. The van der Waals surface area contributed by atoms with Crippen molar-refractivity contribution in [2.75, 3.05) is 0 Å². The number of fused-ring (bicyclic) bond motifs is 1. The maximum atomic E-state index is 10.2. The van der Waals surface area contributed by atoms with E-state index in [1.165, 1.54) is 24.3 Å². The van der Waals surface area contributed by atoms with E-state index in [1.54, 1.807) is 0 Å². The summed E-state index contributed by atoms with van der Waals surface area (Å²) in [6, 6.07) is 6.50. The normalized spacial score (nSPS) is 10.9. The molecule has 1 aromatic heterocycles. The van der Waals surface area contributed by atoms with E-state index >= 15 is 0 Å². The number of hydrogen-bond donors (Lipinski definition) is 5. The van der Waals surface area contributed by atoms with Gasteiger partial charge in [0.1, 0.15) is 11.5 Å². The van der Waals surface area contributed by atoms with E-state index in [9.17, 15) is 25.5 Å². The molecule has 2 aromatic carbocycles. The van der Waals surface area contributed by atoms with Gasteiger partial charge in [0.25, 0.3) is 0 Å². The lowest BCUT2D eigenvalue weighted by atomic mass is 10.0. The van der Waals surface area contributed by atoms with Gasteiger partial charge in [0.05, 0.1) is 5.39 Å². The van der Waals surface area contributed by atoms with E-state index in [1.807, 2.05) is 0 Å². The van der Waals surface area contributed by atoms with Crippen molar-refractivity contribution in [3.63, 3.8) is 0 Å². The minimum absolute atomic E-state index is 0.0584. The Hall–Kier alpha value is -3.28. The summed E-state index contributed by atoms with van der Waals surface area (Å²) < 4.78 is 5.38. The zero-order chi connectivity index (χ0) is 16.0. The molecule has 0 radical (unpaired) electrons. The van der Waals surface area contributed by atoms with Gasteiger partial charge in [0.15, 0.2) is 22.8 Å². The molecule has 1 heterocycles. The second kappa shape index (κ2) is 4.63. The molecule has 0 unspecified atom stereocenters. The molecule has 0 spiro atoms. The highest BCUT2D eigenvalue weighted by Crippen LogP contribution is 2.45. The smallest absolute Gasteiger partial charge is 0.201 e. The molecule has 0 saturated carbocycles. The Morgan fingerprint density at radius 3 is 2.27 bits per heavy atom. The maximum absolute atomic E-state index is 10.2. The Labute approximate surface area is 124 Å². The van der Waals surface area contributed by atoms with Crippen LogP contribution in [-0.2, 0) is 0 Å². The van der Waals surface area contributed by atoms with Gasteiger partial charge in [0, 0.05) is 17.2 Å². The third kappa shape index (κ3) is 1.89. The third-order valence-electron chi connectivity index (χ3n) is 3.37. The highest BCUT2D eigenvalue weighted by atomic mass is 16.4. The van der Waals surface area contributed by atoms with Crippen molar-refractivity contribution in [1.82, 2.24) is 0 Å². The van der Waals surface area contributed by atoms with Crippen LogP contribution in [0.15, 0.2) is 41.3 Å². The highest BCUT2D eigenvalue weighted by molar-refractivity contribution is 5.96. The summed E-state index contributed by atoms with van der Waals surface area (Å²) in [6.07, 6.45) is 0. The van der Waals surface area contributed by atoms with Crippen LogP contribution in [-0.4, -0.2) is 25.5 Å². The lowest BCUT2D eigenvalue weighted by molar-refractivity contribution is 0.399. The summed E-state index contributed by atoms with van der Waals surface area (Å²) in [5.74, 6) is -1.57. The lowest BCUT2D eigenvalue weighted by Gasteiger charge is -2.06.